The number of hydrogen-bond donors (Lipinski definition) is 4. The molecule has 6 nitrogen and oxygen atoms in total. The summed E-state index contributed by atoms with van der Waals surface area (Å²) in [6, 6.07) is 8.13. The van der Waals surface area contributed by atoms with E-state index in [1.807, 2.05) is 19.1 Å². The SMILES string of the molecule is CC#Cc1ccc(-c2ccc(C(=O)[C@@H]3CC[C@H](CNC(N)=NC)C[C@]34CC[C@H]([C@H](O)CO)C4)s2)s1. The van der Waals surface area contributed by atoms with Gasteiger partial charge in [0.2, 0.25) is 0 Å². The van der Waals surface area contributed by atoms with Crippen LogP contribution in [0.2, 0.25) is 0 Å². The van der Waals surface area contributed by atoms with Crippen LogP contribution >= 0.6 is 22.7 Å². The van der Waals surface area contributed by atoms with E-state index in [1.165, 1.54) is 0 Å². The number of guanidine groups is 1. The summed E-state index contributed by atoms with van der Waals surface area (Å²) in [7, 11) is 1.67. The fourth-order valence-corrected chi connectivity index (χ4v) is 8.05. The van der Waals surface area contributed by atoms with Crippen molar-refractivity contribution >= 4 is 34.4 Å². The first-order valence-electron chi connectivity index (χ1n) is 12.3. The molecule has 0 aromatic carbocycles. The van der Waals surface area contributed by atoms with Crippen LogP contribution in [-0.2, 0) is 0 Å². The number of hydrogen-bond acceptors (Lipinski definition) is 6. The first-order valence-corrected chi connectivity index (χ1v) is 13.9. The van der Waals surface area contributed by atoms with Gasteiger partial charge in [0.1, 0.15) is 0 Å². The Morgan fingerprint density at radius 2 is 2.00 bits per heavy atom. The summed E-state index contributed by atoms with van der Waals surface area (Å²) in [5.41, 5.74) is 5.70. The van der Waals surface area contributed by atoms with Gasteiger partial charge in [-0.05, 0) is 87.0 Å². The normalized spacial score (nSPS) is 27.4. The van der Waals surface area contributed by atoms with Gasteiger partial charge in [-0.25, -0.2) is 0 Å². The molecule has 2 heterocycles. The number of thiophene rings is 2. The van der Waals surface area contributed by atoms with Crippen molar-refractivity contribution in [2.24, 2.45) is 33.9 Å². The van der Waals surface area contributed by atoms with E-state index in [2.05, 4.69) is 34.3 Å². The molecule has 2 aliphatic carbocycles. The van der Waals surface area contributed by atoms with Gasteiger partial charge in [-0.15, -0.1) is 28.6 Å². The number of carbonyl (C=O) groups is 1. The van der Waals surface area contributed by atoms with Crippen LogP contribution < -0.4 is 11.1 Å². The molecule has 0 bridgehead atoms. The number of nitrogens with one attached hydrogen (secondary N) is 1. The number of aliphatic hydroxyl groups is 2. The highest BCUT2D eigenvalue weighted by Gasteiger charge is 2.52. The van der Waals surface area contributed by atoms with Crippen molar-refractivity contribution in [2.75, 3.05) is 20.2 Å². The molecule has 5 N–H and O–H groups in total. The van der Waals surface area contributed by atoms with Crippen LogP contribution in [0.25, 0.3) is 9.75 Å². The average Bonchev–Trinajstić information content (AvgIpc) is 3.62. The Morgan fingerprint density at radius 3 is 2.74 bits per heavy atom. The Morgan fingerprint density at radius 1 is 1.23 bits per heavy atom. The van der Waals surface area contributed by atoms with Crippen molar-refractivity contribution in [1.29, 1.82) is 0 Å². The molecule has 2 saturated carbocycles. The smallest absolute Gasteiger partial charge is 0.188 e. The van der Waals surface area contributed by atoms with E-state index in [0.717, 1.165) is 64.6 Å². The summed E-state index contributed by atoms with van der Waals surface area (Å²) >= 11 is 3.22. The van der Waals surface area contributed by atoms with Gasteiger partial charge >= 0.3 is 0 Å². The van der Waals surface area contributed by atoms with Gasteiger partial charge in [-0.3, -0.25) is 9.79 Å². The Hall–Kier alpha value is -2.18. The standard InChI is InChI=1S/C27H35N3O3S2/c1-3-4-19-6-8-22(34-19)23-9-10-24(35-23)25(33)20-7-5-17(15-30-26(28)29-2)13-27(20)12-11-18(14-27)21(32)16-31/h6,8-10,17-18,20-21,31-32H,5,7,11-16H2,1-2H3,(H3,28,29,30)/t17-,18-,20-,21+,27-/m0/s1. The highest BCUT2D eigenvalue weighted by atomic mass is 32.1. The van der Waals surface area contributed by atoms with Gasteiger partial charge in [0.15, 0.2) is 11.7 Å². The maximum Gasteiger partial charge on any atom is 0.188 e. The number of nitrogens with zero attached hydrogens (tertiary/aromatic N) is 1. The summed E-state index contributed by atoms with van der Waals surface area (Å²) in [5.74, 6) is 7.07. The molecule has 0 saturated heterocycles. The largest absolute Gasteiger partial charge is 0.394 e. The lowest BCUT2D eigenvalue weighted by Crippen LogP contribution is -2.44. The molecule has 8 heteroatoms. The van der Waals surface area contributed by atoms with E-state index in [-0.39, 0.29) is 29.6 Å². The third-order valence-electron chi connectivity index (χ3n) is 7.79. The van der Waals surface area contributed by atoms with Crippen LogP contribution in [-0.4, -0.2) is 48.3 Å². The second kappa shape index (κ2) is 11.3. The number of aliphatic hydroxyl groups excluding tert-OH is 2. The molecule has 0 amide bonds. The molecule has 0 unspecified atom stereocenters. The van der Waals surface area contributed by atoms with E-state index in [4.69, 9.17) is 5.73 Å². The summed E-state index contributed by atoms with van der Waals surface area (Å²) in [4.78, 5) is 22.0. The van der Waals surface area contributed by atoms with E-state index in [1.54, 1.807) is 29.7 Å². The fraction of sp³-hybridized carbons (Fsp3) is 0.556. The van der Waals surface area contributed by atoms with E-state index >= 15 is 0 Å². The number of carbonyl (C=O) groups excluding carboxylic acids is 1. The highest BCUT2D eigenvalue weighted by Crippen LogP contribution is 2.57. The molecular weight excluding hydrogens is 478 g/mol. The van der Waals surface area contributed by atoms with Crippen LogP contribution in [0, 0.1) is 35.0 Å². The highest BCUT2D eigenvalue weighted by molar-refractivity contribution is 7.23. The van der Waals surface area contributed by atoms with Gasteiger partial charge in [0.05, 0.1) is 22.5 Å². The molecule has 35 heavy (non-hydrogen) atoms. The van der Waals surface area contributed by atoms with Crippen molar-refractivity contribution in [1.82, 2.24) is 5.32 Å². The average molecular weight is 514 g/mol. The second-order valence-electron chi connectivity index (χ2n) is 9.87. The number of Topliss-reactive ketones (excluding diaryl/α,β-unsaturated/α-hetero) is 1. The van der Waals surface area contributed by atoms with Crippen LogP contribution in [0.1, 0.15) is 60.0 Å². The molecule has 4 rings (SSSR count). The molecule has 2 aliphatic rings. The summed E-state index contributed by atoms with van der Waals surface area (Å²) in [6.45, 7) is 2.35. The monoisotopic (exact) mass is 513 g/mol. The van der Waals surface area contributed by atoms with Crippen molar-refractivity contribution in [3.63, 3.8) is 0 Å². The summed E-state index contributed by atoms with van der Waals surface area (Å²) < 4.78 is 0. The Kier molecular flexibility index (Phi) is 8.33. The molecule has 0 radical (unpaired) electrons. The van der Waals surface area contributed by atoms with E-state index in [9.17, 15) is 15.0 Å². The Bertz CT molecular complexity index is 1130. The molecule has 188 valence electrons. The van der Waals surface area contributed by atoms with Crippen LogP contribution in [0.4, 0.5) is 0 Å². The van der Waals surface area contributed by atoms with Gasteiger partial charge in [-0.1, -0.05) is 5.92 Å². The predicted molar refractivity (Wildman–Crippen MR) is 144 cm³/mol. The lowest BCUT2D eigenvalue weighted by molar-refractivity contribution is 0.0228. The Balaban J connectivity index is 1.55. The van der Waals surface area contributed by atoms with E-state index in [0.29, 0.717) is 11.9 Å². The molecular formula is C27H35N3O3S2. The number of ketones is 1. The summed E-state index contributed by atoms with van der Waals surface area (Å²) in [6.07, 6.45) is 4.51. The minimum atomic E-state index is -0.723. The minimum absolute atomic E-state index is 0.0346. The maximum atomic E-state index is 13.9. The molecule has 2 aromatic rings. The van der Waals surface area contributed by atoms with Gasteiger partial charge < -0.3 is 21.3 Å². The zero-order chi connectivity index (χ0) is 25.0. The molecule has 5 atom stereocenters. The first-order chi connectivity index (χ1) is 16.9. The van der Waals surface area contributed by atoms with Gasteiger partial charge in [-0.2, -0.15) is 0 Å². The lowest BCUT2D eigenvalue weighted by Gasteiger charge is -2.44. The summed E-state index contributed by atoms with van der Waals surface area (Å²) in [5, 5.41) is 23.1. The minimum Gasteiger partial charge on any atom is -0.394 e. The topological polar surface area (TPSA) is 108 Å². The Labute approximate surface area is 215 Å². The number of aliphatic imine (C=N–C) groups is 1. The fourth-order valence-electron chi connectivity index (χ4n) is 6.05. The van der Waals surface area contributed by atoms with Crippen LogP contribution in [0.3, 0.4) is 0 Å². The third kappa shape index (κ3) is 5.64. The molecule has 2 fully saturated rings. The zero-order valence-corrected chi connectivity index (χ0v) is 22.1. The maximum absolute atomic E-state index is 13.9. The zero-order valence-electron chi connectivity index (χ0n) is 20.4. The van der Waals surface area contributed by atoms with Crippen molar-refractivity contribution in [3.8, 4) is 21.6 Å². The van der Waals surface area contributed by atoms with Gasteiger partial charge in [0.25, 0.3) is 0 Å². The molecule has 1 spiro atoms. The third-order valence-corrected chi connectivity index (χ3v) is 10.1. The second-order valence-corrected chi connectivity index (χ2v) is 12.0. The number of rotatable bonds is 7. The number of nitrogens with two attached hydrogens (primary N) is 1. The quantitative estimate of drug-likeness (QED) is 0.193. The first kappa shape index (κ1) is 25.9. The van der Waals surface area contributed by atoms with Crippen LogP contribution in [0.15, 0.2) is 29.3 Å². The molecule has 2 aromatic heterocycles. The van der Waals surface area contributed by atoms with Crippen molar-refractivity contribution in [2.45, 2.75) is 51.6 Å². The predicted octanol–water partition coefficient (Wildman–Crippen LogP) is 4.12. The van der Waals surface area contributed by atoms with Crippen molar-refractivity contribution in [3.05, 3.63) is 34.0 Å². The van der Waals surface area contributed by atoms with Gasteiger partial charge in [0, 0.05) is 29.3 Å². The molecule has 0 aliphatic heterocycles. The van der Waals surface area contributed by atoms with Crippen molar-refractivity contribution < 1.29 is 15.0 Å². The van der Waals surface area contributed by atoms with E-state index < -0.39 is 6.10 Å². The lowest BCUT2D eigenvalue weighted by atomic mass is 9.60. The van der Waals surface area contributed by atoms with Crippen LogP contribution in [0.5, 0.6) is 0 Å².